The van der Waals surface area contributed by atoms with Gasteiger partial charge in [-0.15, -0.1) is 0 Å². The predicted molar refractivity (Wildman–Crippen MR) is 69.4 cm³/mol. The number of carbonyl (C=O) groups excluding carboxylic acids is 1. The van der Waals surface area contributed by atoms with Crippen LogP contribution in [0.3, 0.4) is 0 Å². The third-order valence-electron chi connectivity index (χ3n) is 4.84. The van der Waals surface area contributed by atoms with Crippen molar-refractivity contribution in [1.29, 1.82) is 0 Å². The number of allylic oxidation sites excluding steroid dienone is 2. The first-order valence-electron chi connectivity index (χ1n) is 6.96. The van der Waals surface area contributed by atoms with Crippen molar-refractivity contribution < 1.29 is 14.7 Å². The number of carbonyl (C=O) groups is 2. The van der Waals surface area contributed by atoms with Gasteiger partial charge >= 0.3 is 5.97 Å². The van der Waals surface area contributed by atoms with Crippen molar-refractivity contribution in [3.05, 3.63) is 12.2 Å². The summed E-state index contributed by atoms with van der Waals surface area (Å²) in [6.07, 6.45) is 4.86. The fraction of sp³-hybridized carbons (Fsp3) is 0.714. The highest BCUT2D eigenvalue weighted by molar-refractivity contribution is 5.87. The van der Waals surface area contributed by atoms with Gasteiger partial charge in [-0.1, -0.05) is 12.2 Å². The second-order valence-corrected chi connectivity index (χ2v) is 5.97. The van der Waals surface area contributed by atoms with Crippen LogP contribution in [0, 0.1) is 23.7 Å². The Balaban J connectivity index is 1.75. The molecule has 1 saturated carbocycles. The Morgan fingerprint density at radius 2 is 1.63 bits per heavy atom. The first kappa shape index (κ1) is 12.7. The molecular weight excluding hydrogens is 244 g/mol. The van der Waals surface area contributed by atoms with E-state index in [-0.39, 0.29) is 23.7 Å². The number of hydrogen-bond donors (Lipinski definition) is 1. The smallest absolute Gasteiger partial charge is 0.307 e. The van der Waals surface area contributed by atoms with Gasteiger partial charge in [-0.05, 0) is 25.3 Å². The molecule has 1 heterocycles. The largest absolute Gasteiger partial charge is 0.481 e. The number of fused-ring (bicyclic) bond motifs is 2. The van der Waals surface area contributed by atoms with Crippen LogP contribution in [-0.2, 0) is 9.59 Å². The van der Waals surface area contributed by atoms with Crippen molar-refractivity contribution in [2.75, 3.05) is 33.2 Å². The maximum atomic E-state index is 12.6. The monoisotopic (exact) mass is 264 g/mol. The van der Waals surface area contributed by atoms with Gasteiger partial charge in [0.05, 0.1) is 11.8 Å². The highest BCUT2D eigenvalue weighted by Gasteiger charge is 2.52. The molecule has 1 aliphatic heterocycles. The molecule has 2 unspecified atom stereocenters. The lowest BCUT2D eigenvalue weighted by molar-refractivity contribution is -0.151. The molecule has 1 saturated heterocycles. The highest BCUT2D eigenvalue weighted by Crippen LogP contribution is 2.48. The van der Waals surface area contributed by atoms with Gasteiger partial charge in [-0.3, -0.25) is 9.59 Å². The fourth-order valence-electron chi connectivity index (χ4n) is 3.73. The van der Waals surface area contributed by atoms with E-state index in [9.17, 15) is 14.7 Å². The molecule has 2 aliphatic carbocycles. The molecule has 0 aromatic rings. The molecule has 0 aromatic heterocycles. The topological polar surface area (TPSA) is 60.9 Å². The van der Waals surface area contributed by atoms with Gasteiger partial charge in [-0.25, -0.2) is 0 Å². The minimum atomic E-state index is -0.815. The van der Waals surface area contributed by atoms with E-state index in [4.69, 9.17) is 0 Å². The number of rotatable bonds is 2. The average molecular weight is 264 g/mol. The van der Waals surface area contributed by atoms with Crippen LogP contribution in [0.5, 0.6) is 0 Å². The maximum absolute atomic E-state index is 12.6. The first-order chi connectivity index (χ1) is 9.08. The fourth-order valence-corrected chi connectivity index (χ4v) is 3.73. The standard InChI is InChI=1S/C14H20N2O3/c1-15-4-6-16(7-5-15)13(17)11-9-2-3-10(8-9)12(11)14(18)19/h2-3,9-12H,4-8H2,1H3,(H,18,19)/t9?,10?,11-,12+/m0/s1. The lowest BCUT2D eigenvalue weighted by Gasteiger charge is -2.36. The Labute approximate surface area is 112 Å². The van der Waals surface area contributed by atoms with E-state index < -0.39 is 11.9 Å². The van der Waals surface area contributed by atoms with E-state index in [1.807, 2.05) is 24.1 Å². The van der Waals surface area contributed by atoms with E-state index in [2.05, 4.69) is 4.90 Å². The number of carboxylic acid groups (broad SMARTS) is 1. The van der Waals surface area contributed by atoms with Crippen LogP contribution in [-0.4, -0.2) is 60.0 Å². The number of piperazine rings is 1. The minimum Gasteiger partial charge on any atom is -0.481 e. The lowest BCUT2D eigenvalue weighted by atomic mass is 9.82. The van der Waals surface area contributed by atoms with Crippen LogP contribution in [0.2, 0.25) is 0 Å². The van der Waals surface area contributed by atoms with Crippen molar-refractivity contribution in [2.45, 2.75) is 6.42 Å². The van der Waals surface area contributed by atoms with E-state index in [1.54, 1.807) is 0 Å². The highest BCUT2D eigenvalue weighted by atomic mass is 16.4. The Bertz CT molecular complexity index is 426. The van der Waals surface area contributed by atoms with E-state index in [0.29, 0.717) is 0 Å². The Morgan fingerprint density at radius 3 is 2.21 bits per heavy atom. The molecule has 0 aromatic carbocycles. The molecule has 5 heteroatoms. The normalized spacial score (nSPS) is 37.8. The molecule has 2 bridgehead atoms. The average Bonchev–Trinajstić information content (AvgIpc) is 2.98. The van der Waals surface area contributed by atoms with Crippen LogP contribution >= 0.6 is 0 Å². The molecule has 4 atom stereocenters. The quantitative estimate of drug-likeness (QED) is 0.728. The summed E-state index contributed by atoms with van der Waals surface area (Å²) in [4.78, 5) is 28.1. The van der Waals surface area contributed by atoms with Gasteiger partial charge in [-0.2, -0.15) is 0 Å². The molecule has 19 heavy (non-hydrogen) atoms. The molecule has 3 aliphatic rings. The summed E-state index contributed by atoms with van der Waals surface area (Å²) in [6, 6.07) is 0. The summed E-state index contributed by atoms with van der Waals surface area (Å²) >= 11 is 0. The number of hydrogen-bond acceptors (Lipinski definition) is 3. The lowest BCUT2D eigenvalue weighted by Crippen LogP contribution is -2.51. The predicted octanol–water partition coefficient (Wildman–Crippen LogP) is 0.283. The number of nitrogens with zero attached hydrogens (tertiary/aromatic N) is 2. The van der Waals surface area contributed by atoms with Gasteiger partial charge in [0.1, 0.15) is 0 Å². The number of carboxylic acids is 1. The summed E-state index contributed by atoms with van der Waals surface area (Å²) in [5.41, 5.74) is 0. The third kappa shape index (κ3) is 2.06. The van der Waals surface area contributed by atoms with Gasteiger partial charge < -0.3 is 14.9 Å². The SMILES string of the molecule is CN1CCN(C(=O)[C@H]2C3C=CC(C3)[C@H]2C(=O)O)CC1. The van der Waals surface area contributed by atoms with Crippen molar-refractivity contribution >= 4 is 11.9 Å². The van der Waals surface area contributed by atoms with Crippen LogP contribution in [0.1, 0.15) is 6.42 Å². The van der Waals surface area contributed by atoms with Crippen LogP contribution in [0.4, 0.5) is 0 Å². The number of amides is 1. The third-order valence-corrected chi connectivity index (χ3v) is 4.84. The summed E-state index contributed by atoms with van der Waals surface area (Å²) < 4.78 is 0. The first-order valence-corrected chi connectivity index (χ1v) is 6.96. The molecule has 5 nitrogen and oxygen atoms in total. The summed E-state index contributed by atoms with van der Waals surface area (Å²) in [7, 11) is 2.04. The summed E-state index contributed by atoms with van der Waals surface area (Å²) in [5.74, 6) is -1.41. The molecule has 0 radical (unpaired) electrons. The minimum absolute atomic E-state index is 0.0531. The summed E-state index contributed by atoms with van der Waals surface area (Å²) in [6.45, 7) is 3.19. The maximum Gasteiger partial charge on any atom is 0.307 e. The van der Waals surface area contributed by atoms with Gasteiger partial charge in [0.25, 0.3) is 0 Å². The second kappa shape index (κ2) is 4.63. The zero-order valence-electron chi connectivity index (χ0n) is 11.2. The molecule has 1 amide bonds. The van der Waals surface area contributed by atoms with E-state index in [0.717, 1.165) is 32.6 Å². The molecular formula is C14H20N2O3. The second-order valence-electron chi connectivity index (χ2n) is 5.97. The van der Waals surface area contributed by atoms with Crippen molar-refractivity contribution in [1.82, 2.24) is 9.80 Å². The van der Waals surface area contributed by atoms with Gasteiger partial charge in [0, 0.05) is 26.2 Å². The Hall–Kier alpha value is -1.36. The van der Waals surface area contributed by atoms with Crippen molar-refractivity contribution in [2.24, 2.45) is 23.7 Å². The Kier molecular flexibility index (Phi) is 3.09. The van der Waals surface area contributed by atoms with Gasteiger partial charge in [0.2, 0.25) is 5.91 Å². The molecule has 0 spiro atoms. The van der Waals surface area contributed by atoms with Crippen LogP contribution in [0.25, 0.3) is 0 Å². The number of aliphatic carboxylic acids is 1. The molecule has 104 valence electrons. The van der Waals surface area contributed by atoms with Crippen molar-refractivity contribution in [3.8, 4) is 0 Å². The van der Waals surface area contributed by atoms with Crippen molar-refractivity contribution in [3.63, 3.8) is 0 Å². The van der Waals surface area contributed by atoms with E-state index in [1.165, 1.54) is 0 Å². The van der Waals surface area contributed by atoms with Gasteiger partial charge in [0.15, 0.2) is 0 Å². The zero-order chi connectivity index (χ0) is 13.6. The molecule has 2 fully saturated rings. The molecule has 1 N–H and O–H groups in total. The van der Waals surface area contributed by atoms with Crippen LogP contribution < -0.4 is 0 Å². The summed E-state index contributed by atoms with van der Waals surface area (Å²) in [5, 5.41) is 9.38. The molecule has 3 rings (SSSR count). The van der Waals surface area contributed by atoms with Crippen LogP contribution in [0.15, 0.2) is 12.2 Å². The van der Waals surface area contributed by atoms with E-state index >= 15 is 0 Å². The number of likely N-dealkylation sites (N-methyl/N-ethyl adjacent to an activating group) is 1. The Morgan fingerprint density at radius 1 is 1.05 bits per heavy atom. The zero-order valence-corrected chi connectivity index (χ0v) is 11.2.